The van der Waals surface area contributed by atoms with Crippen molar-refractivity contribution in [2.45, 2.75) is 43.4 Å². The Morgan fingerprint density at radius 2 is 2.03 bits per heavy atom. The van der Waals surface area contributed by atoms with Gasteiger partial charge in [0.15, 0.2) is 10.8 Å². The van der Waals surface area contributed by atoms with Crippen molar-refractivity contribution in [3.05, 3.63) is 50.6 Å². The van der Waals surface area contributed by atoms with Gasteiger partial charge in [-0.3, -0.25) is 0 Å². The first kappa shape index (κ1) is 19.8. The highest BCUT2D eigenvalue weighted by Gasteiger charge is 2.32. The third-order valence-corrected chi connectivity index (χ3v) is 8.31. The van der Waals surface area contributed by atoms with Crippen LogP contribution in [0.15, 0.2) is 29.7 Å². The number of nitrogens with zero attached hydrogens (tertiary/aromatic N) is 6. The fraction of sp³-hybridized carbons (Fsp3) is 0.300. The lowest BCUT2D eigenvalue weighted by atomic mass is 9.94. The van der Waals surface area contributed by atoms with Gasteiger partial charge in [0.05, 0.1) is 17.6 Å². The van der Waals surface area contributed by atoms with Crippen molar-refractivity contribution >= 4 is 67.9 Å². The highest BCUT2D eigenvalue weighted by atomic mass is 35.5. The molecule has 158 valence electrons. The standard InChI is InChI=1S/C20H16Cl2N6OS2/c1-20(2)6-10-14(7-29-20)31-17-15(10)16-23-9-24-28(16)18-25-26-19(27(17)18)30-8-11-12(21)4-3-5-13(11)22/h3-5,9H,6-8H2,1-2H3. The molecule has 7 nitrogen and oxygen atoms in total. The van der Waals surface area contributed by atoms with Crippen molar-refractivity contribution in [3.8, 4) is 0 Å². The van der Waals surface area contributed by atoms with Crippen LogP contribution >= 0.6 is 46.3 Å². The molecule has 0 saturated heterocycles. The van der Waals surface area contributed by atoms with Gasteiger partial charge in [-0.1, -0.05) is 41.0 Å². The van der Waals surface area contributed by atoms with Crippen LogP contribution in [0, 0.1) is 0 Å². The molecule has 1 aliphatic rings. The van der Waals surface area contributed by atoms with Crippen LogP contribution in [-0.4, -0.2) is 34.8 Å². The first-order valence-corrected chi connectivity index (χ1v) is 12.2. The molecule has 0 N–H and O–H groups in total. The molecule has 5 heterocycles. The molecule has 11 heteroatoms. The zero-order valence-corrected chi connectivity index (χ0v) is 19.7. The normalized spacial score (nSPS) is 15.9. The van der Waals surface area contributed by atoms with E-state index in [1.54, 1.807) is 33.9 Å². The molecule has 6 rings (SSSR count). The van der Waals surface area contributed by atoms with E-state index in [-0.39, 0.29) is 5.60 Å². The second-order valence-corrected chi connectivity index (χ2v) is 10.9. The fourth-order valence-electron chi connectivity index (χ4n) is 3.96. The molecule has 0 spiro atoms. The second kappa shape index (κ2) is 7.05. The van der Waals surface area contributed by atoms with E-state index < -0.39 is 0 Å². The quantitative estimate of drug-likeness (QED) is 0.313. The predicted molar refractivity (Wildman–Crippen MR) is 124 cm³/mol. The number of halogens is 2. The minimum Gasteiger partial charge on any atom is -0.370 e. The van der Waals surface area contributed by atoms with Crippen LogP contribution in [0.2, 0.25) is 10.0 Å². The van der Waals surface area contributed by atoms with Crippen molar-refractivity contribution in [1.29, 1.82) is 0 Å². The molecular formula is C20H16Cl2N6OS2. The highest BCUT2D eigenvalue weighted by Crippen LogP contribution is 2.42. The van der Waals surface area contributed by atoms with E-state index in [4.69, 9.17) is 27.9 Å². The molecule has 1 aromatic carbocycles. The molecule has 0 aliphatic carbocycles. The molecular weight excluding hydrogens is 475 g/mol. The predicted octanol–water partition coefficient (Wildman–Crippen LogP) is 5.44. The zero-order valence-electron chi connectivity index (χ0n) is 16.6. The molecule has 0 amide bonds. The minimum absolute atomic E-state index is 0.224. The Kier molecular flexibility index (Phi) is 4.49. The van der Waals surface area contributed by atoms with Gasteiger partial charge in [0.25, 0.3) is 5.78 Å². The van der Waals surface area contributed by atoms with Gasteiger partial charge in [-0.2, -0.15) is 9.61 Å². The van der Waals surface area contributed by atoms with E-state index in [1.165, 1.54) is 10.4 Å². The van der Waals surface area contributed by atoms with Gasteiger partial charge in [-0.05, 0) is 37.1 Å². The third-order valence-electron chi connectivity index (χ3n) is 5.46. The summed E-state index contributed by atoms with van der Waals surface area (Å²) in [6.45, 7) is 4.82. The Morgan fingerprint density at radius 1 is 1.23 bits per heavy atom. The molecule has 1 aliphatic heterocycles. The summed E-state index contributed by atoms with van der Waals surface area (Å²) in [7, 11) is 0. The molecule has 0 bridgehead atoms. The first-order valence-electron chi connectivity index (χ1n) is 9.64. The van der Waals surface area contributed by atoms with Crippen LogP contribution in [0.4, 0.5) is 0 Å². The number of hydrogen-bond donors (Lipinski definition) is 0. The van der Waals surface area contributed by atoms with Crippen LogP contribution < -0.4 is 0 Å². The van der Waals surface area contributed by atoms with E-state index in [9.17, 15) is 0 Å². The van der Waals surface area contributed by atoms with Crippen molar-refractivity contribution < 1.29 is 4.74 Å². The molecule has 0 atom stereocenters. The van der Waals surface area contributed by atoms with E-state index >= 15 is 0 Å². The first-order chi connectivity index (χ1) is 14.9. The van der Waals surface area contributed by atoms with Crippen molar-refractivity contribution in [1.82, 2.24) is 29.2 Å². The summed E-state index contributed by atoms with van der Waals surface area (Å²) in [6, 6.07) is 5.53. The van der Waals surface area contributed by atoms with Gasteiger partial charge in [0.2, 0.25) is 0 Å². The van der Waals surface area contributed by atoms with E-state index in [0.717, 1.165) is 33.0 Å². The SMILES string of the molecule is CC1(C)Cc2c(sc3c2c2ncnn2c2nnc(SCc4c(Cl)cccc4Cl)n32)CO1. The molecule has 4 aromatic heterocycles. The lowest BCUT2D eigenvalue weighted by molar-refractivity contribution is -0.0379. The maximum Gasteiger partial charge on any atom is 0.260 e. The zero-order chi connectivity index (χ0) is 21.3. The number of rotatable bonds is 3. The summed E-state index contributed by atoms with van der Waals surface area (Å²) < 4.78 is 9.88. The van der Waals surface area contributed by atoms with Crippen LogP contribution in [0.25, 0.3) is 21.6 Å². The summed E-state index contributed by atoms with van der Waals surface area (Å²) in [5, 5.41) is 16.4. The average molecular weight is 491 g/mol. The van der Waals surface area contributed by atoms with Gasteiger partial charge in [-0.15, -0.1) is 21.5 Å². The summed E-state index contributed by atoms with van der Waals surface area (Å²) in [5.41, 5.74) is 2.73. The van der Waals surface area contributed by atoms with Gasteiger partial charge >= 0.3 is 0 Å². The monoisotopic (exact) mass is 490 g/mol. The lowest BCUT2D eigenvalue weighted by Gasteiger charge is -2.30. The molecule has 0 fully saturated rings. The second-order valence-electron chi connectivity index (χ2n) is 8.01. The van der Waals surface area contributed by atoms with E-state index in [1.807, 2.05) is 18.2 Å². The summed E-state index contributed by atoms with van der Waals surface area (Å²) in [6.07, 6.45) is 2.38. The number of benzene rings is 1. The van der Waals surface area contributed by atoms with Crippen LogP contribution in [0.1, 0.15) is 29.9 Å². The molecule has 0 saturated carbocycles. The van der Waals surface area contributed by atoms with Crippen LogP contribution in [0.5, 0.6) is 0 Å². The Balaban J connectivity index is 1.56. The molecule has 0 unspecified atom stereocenters. The molecule has 5 aromatic rings. The van der Waals surface area contributed by atoms with Gasteiger partial charge in [0, 0.05) is 27.1 Å². The van der Waals surface area contributed by atoms with Gasteiger partial charge < -0.3 is 4.74 Å². The maximum atomic E-state index is 6.37. The Morgan fingerprint density at radius 3 is 2.84 bits per heavy atom. The van der Waals surface area contributed by atoms with Crippen molar-refractivity contribution in [3.63, 3.8) is 0 Å². The minimum atomic E-state index is -0.224. The summed E-state index contributed by atoms with van der Waals surface area (Å²) in [4.78, 5) is 6.81. The number of fused-ring (bicyclic) bond motifs is 8. The number of ether oxygens (including phenoxy) is 1. The largest absolute Gasteiger partial charge is 0.370 e. The Bertz CT molecular complexity index is 1470. The van der Waals surface area contributed by atoms with Crippen molar-refractivity contribution in [2.24, 2.45) is 0 Å². The fourth-order valence-corrected chi connectivity index (χ4v) is 6.92. The lowest BCUT2D eigenvalue weighted by Crippen LogP contribution is -2.31. The van der Waals surface area contributed by atoms with E-state index in [2.05, 4.69) is 38.5 Å². The van der Waals surface area contributed by atoms with Gasteiger partial charge in [-0.25, -0.2) is 9.38 Å². The number of thiophene rings is 1. The molecule has 0 radical (unpaired) electrons. The number of thioether (sulfide) groups is 1. The molecule has 31 heavy (non-hydrogen) atoms. The summed E-state index contributed by atoms with van der Waals surface area (Å²) in [5.74, 6) is 1.21. The number of aromatic nitrogens is 6. The van der Waals surface area contributed by atoms with Crippen LogP contribution in [-0.2, 0) is 23.5 Å². The highest BCUT2D eigenvalue weighted by molar-refractivity contribution is 7.98. The number of hydrogen-bond acceptors (Lipinski definition) is 7. The Hall–Kier alpha value is -1.91. The smallest absolute Gasteiger partial charge is 0.260 e. The Labute approximate surface area is 195 Å². The van der Waals surface area contributed by atoms with Gasteiger partial charge in [0.1, 0.15) is 11.2 Å². The van der Waals surface area contributed by atoms with Crippen LogP contribution in [0.3, 0.4) is 0 Å². The van der Waals surface area contributed by atoms with Crippen molar-refractivity contribution in [2.75, 3.05) is 0 Å². The summed E-state index contributed by atoms with van der Waals surface area (Å²) >= 11 is 16.0. The maximum absolute atomic E-state index is 6.37. The average Bonchev–Trinajstić information content (AvgIpc) is 3.42. The topological polar surface area (TPSA) is 69.6 Å². The van der Waals surface area contributed by atoms with E-state index in [0.29, 0.717) is 28.2 Å². The third kappa shape index (κ3) is 3.06.